The molecule has 1 heterocycles. The molecule has 3 nitrogen and oxygen atoms in total. The zero-order valence-electron chi connectivity index (χ0n) is 10.8. The van der Waals surface area contributed by atoms with Gasteiger partial charge in [-0.1, -0.05) is 26.3 Å². The summed E-state index contributed by atoms with van der Waals surface area (Å²) in [7, 11) is 0. The van der Waals surface area contributed by atoms with Gasteiger partial charge in [0.25, 0.3) is 0 Å². The van der Waals surface area contributed by atoms with E-state index in [1.807, 2.05) is 6.07 Å². The number of rotatable bonds is 3. The predicted octanol–water partition coefficient (Wildman–Crippen LogP) is 2.76. The minimum atomic E-state index is -0.380. The van der Waals surface area contributed by atoms with Gasteiger partial charge in [0.05, 0.1) is 5.69 Å². The summed E-state index contributed by atoms with van der Waals surface area (Å²) in [6.07, 6.45) is 1.95. The summed E-state index contributed by atoms with van der Waals surface area (Å²) in [5.41, 5.74) is 8.12. The number of amides is 1. The number of fused-ring (bicyclic) bond motifs is 1. The summed E-state index contributed by atoms with van der Waals surface area (Å²) in [5.74, 6) is -0.199. The molecule has 4 heteroatoms. The zero-order chi connectivity index (χ0) is 13.3. The van der Waals surface area contributed by atoms with E-state index in [-0.39, 0.29) is 17.8 Å². The Morgan fingerprint density at radius 2 is 2.17 bits per heavy atom. The van der Waals surface area contributed by atoms with Crippen molar-refractivity contribution >= 4 is 11.6 Å². The predicted molar refractivity (Wildman–Crippen MR) is 69.7 cm³/mol. The van der Waals surface area contributed by atoms with Gasteiger partial charge in [0.2, 0.25) is 5.91 Å². The van der Waals surface area contributed by atoms with Gasteiger partial charge in [-0.25, -0.2) is 4.39 Å². The Balaban J connectivity index is 2.36. The molecule has 1 aromatic rings. The van der Waals surface area contributed by atoms with E-state index in [2.05, 4.69) is 19.2 Å². The maximum atomic E-state index is 14.0. The smallest absolute Gasteiger partial charge is 0.224 e. The first-order valence-electron chi connectivity index (χ1n) is 6.40. The van der Waals surface area contributed by atoms with Crippen molar-refractivity contribution < 1.29 is 9.18 Å². The number of nitrogens with one attached hydrogen (secondary N) is 1. The Kier molecular flexibility index (Phi) is 3.66. The third-order valence-corrected chi connectivity index (χ3v) is 3.72. The Labute approximate surface area is 107 Å². The highest BCUT2D eigenvalue weighted by Crippen LogP contribution is 2.31. The van der Waals surface area contributed by atoms with Crippen molar-refractivity contribution in [3.8, 4) is 0 Å². The number of carbonyl (C=O) groups excluding carboxylic acids is 1. The van der Waals surface area contributed by atoms with Crippen LogP contribution in [0.4, 0.5) is 10.1 Å². The van der Waals surface area contributed by atoms with Gasteiger partial charge in [-0.2, -0.15) is 0 Å². The Morgan fingerprint density at radius 3 is 2.83 bits per heavy atom. The quantitative estimate of drug-likeness (QED) is 0.866. The summed E-state index contributed by atoms with van der Waals surface area (Å²) < 4.78 is 14.0. The van der Waals surface area contributed by atoms with Crippen LogP contribution in [-0.4, -0.2) is 5.91 Å². The van der Waals surface area contributed by atoms with Gasteiger partial charge in [0, 0.05) is 12.5 Å². The molecule has 1 aliphatic rings. The van der Waals surface area contributed by atoms with E-state index in [1.54, 1.807) is 0 Å². The largest absolute Gasteiger partial charge is 0.324 e. The number of anilines is 1. The lowest BCUT2D eigenvalue weighted by atomic mass is 9.90. The molecule has 1 amide bonds. The summed E-state index contributed by atoms with van der Waals surface area (Å²) in [5, 5.41) is 2.58. The number of nitrogens with two attached hydrogens (primary N) is 1. The van der Waals surface area contributed by atoms with E-state index in [9.17, 15) is 9.18 Å². The minimum absolute atomic E-state index is 0.125. The van der Waals surface area contributed by atoms with E-state index in [1.165, 1.54) is 6.07 Å². The standard InChI is InChI=1S/C14H19FN2O/c1-3-8(2)13(16)10-6-9-4-5-12(18)17-14(9)11(15)7-10/h6-8,13H,3-5,16H2,1-2H3,(H,17,18). The highest BCUT2D eigenvalue weighted by atomic mass is 19.1. The van der Waals surface area contributed by atoms with Crippen molar-refractivity contribution in [3.05, 3.63) is 29.1 Å². The van der Waals surface area contributed by atoms with Crippen molar-refractivity contribution in [2.45, 2.75) is 39.2 Å². The number of benzene rings is 1. The summed E-state index contributed by atoms with van der Waals surface area (Å²) in [6, 6.07) is 3.21. The van der Waals surface area contributed by atoms with Gasteiger partial charge < -0.3 is 11.1 Å². The molecule has 0 spiro atoms. The van der Waals surface area contributed by atoms with Crippen LogP contribution in [0.15, 0.2) is 12.1 Å². The lowest BCUT2D eigenvalue weighted by Gasteiger charge is -2.23. The van der Waals surface area contributed by atoms with Crippen LogP contribution in [0.2, 0.25) is 0 Å². The molecular formula is C14H19FN2O. The molecule has 2 unspecified atom stereocenters. The molecule has 1 aromatic carbocycles. The minimum Gasteiger partial charge on any atom is -0.324 e. The number of carbonyl (C=O) groups is 1. The van der Waals surface area contributed by atoms with Gasteiger partial charge in [-0.05, 0) is 29.5 Å². The number of halogens is 1. The fraction of sp³-hybridized carbons (Fsp3) is 0.500. The third-order valence-electron chi connectivity index (χ3n) is 3.72. The molecule has 1 aliphatic heterocycles. The van der Waals surface area contributed by atoms with E-state index >= 15 is 0 Å². The number of hydrogen-bond donors (Lipinski definition) is 2. The zero-order valence-corrected chi connectivity index (χ0v) is 10.8. The second-order valence-electron chi connectivity index (χ2n) is 5.00. The van der Waals surface area contributed by atoms with Crippen LogP contribution in [0.1, 0.15) is 43.9 Å². The van der Waals surface area contributed by atoms with Gasteiger partial charge in [-0.3, -0.25) is 4.79 Å². The second-order valence-corrected chi connectivity index (χ2v) is 5.00. The molecule has 0 fully saturated rings. The van der Waals surface area contributed by atoms with Crippen molar-refractivity contribution in [2.24, 2.45) is 11.7 Å². The van der Waals surface area contributed by atoms with E-state index in [0.29, 0.717) is 24.4 Å². The van der Waals surface area contributed by atoms with E-state index < -0.39 is 0 Å². The summed E-state index contributed by atoms with van der Waals surface area (Å²) in [6.45, 7) is 4.13. The van der Waals surface area contributed by atoms with Crippen LogP contribution >= 0.6 is 0 Å². The monoisotopic (exact) mass is 250 g/mol. The van der Waals surface area contributed by atoms with Crippen molar-refractivity contribution in [1.29, 1.82) is 0 Å². The third kappa shape index (κ3) is 2.38. The number of aryl methyl sites for hydroxylation is 1. The van der Waals surface area contributed by atoms with Crippen LogP contribution in [0, 0.1) is 11.7 Å². The lowest BCUT2D eigenvalue weighted by Crippen LogP contribution is -2.23. The maximum Gasteiger partial charge on any atom is 0.224 e. The highest BCUT2D eigenvalue weighted by Gasteiger charge is 2.22. The summed E-state index contributed by atoms with van der Waals surface area (Å²) in [4.78, 5) is 11.2. The van der Waals surface area contributed by atoms with Crippen LogP contribution in [0.25, 0.3) is 0 Å². The molecule has 3 N–H and O–H groups in total. The van der Waals surface area contributed by atoms with E-state index in [4.69, 9.17) is 5.73 Å². The molecule has 0 radical (unpaired) electrons. The SMILES string of the molecule is CCC(C)C(N)c1cc(F)c2c(c1)CCC(=O)N2. The fourth-order valence-electron chi connectivity index (χ4n) is 2.25. The van der Waals surface area contributed by atoms with Gasteiger partial charge in [-0.15, -0.1) is 0 Å². The molecule has 98 valence electrons. The highest BCUT2D eigenvalue weighted by molar-refractivity contribution is 5.94. The first kappa shape index (κ1) is 13.0. The Hall–Kier alpha value is -1.42. The molecule has 18 heavy (non-hydrogen) atoms. The normalized spacial score (nSPS) is 17.9. The molecule has 0 bridgehead atoms. The van der Waals surface area contributed by atoms with Crippen molar-refractivity contribution in [1.82, 2.24) is 0 Å². The first-order chi connectivity index (χ1) is 8.52. The van der Waals surface area contributed by atoms with Crippen LogP contribution < -0.4 is 11.1 Å². The fourth-order valence-corrected chi connectivity index (χ4v) is 2.25. The second kappa shape index (κ2) is 5.06. The Morgan fingerprint density at radius 1 is 1.44 bits per heavy atom. The molecular weight excluding hydrogens is 231 g/mol. The Bertz CT molecular complexity index is 473. The first-order valence-corrected chi connectivity index (χ1v) is 6.40. The maximum absolute atomic E-state index is 14.0. The average Bonchev–Trinajstić information content (AvgIpc) is 2.37. The molecule has 2 rings (SSSR count). The molecule has 2 atom stereocenters. The van der Waals surface area contributed by atoms with Gasteiger partial charge >= 0.3 is 0 Å². The molecule has 0 aliphatic carbocycles. The lowest BCUT2D eigenvalue weighted by molar-refractivity contribution is -0.116. The van der Waals surface area contributed by atoms with Crippen LogP contribution in [0.3, 0.4) is 0 Å². The van der Waals surface area contributed by atoms with Crippen LogP contribution in [-0.2, 0) is 11.2 Å². The van der Waals surface area contributed by atoms with E-state index in [0.717, 1.165) is 17.5 Å². The molecule has 0 saturated carbocycles. The van der Waals surface area contributed by atoms with Crippen molar-refractivity contribution in [3.63, 3.8) is 0 Å². The van der Waals surface area contributed by atoms with Crippen molar-refractivity contribution in [2.75, 3.05) is 5.32 Å². The van der Waals surface area contributed by atoms with Gasteiger partial charge in [0.1, 0.15) is 5.82 Å². The molecule has 0 aromatic heterocycles. The van der Waals surface area contributed by atoms with Gasteiger partial charge in [0.15, 0.2) is 0 Å². The molecule has 0 saturated heterocycles. The number of hydrogen-bond acceptors (Lipinski definition) is 2. The van der Waals surface area contributed by atoms with Crippen LogP contribution in [0.5, 0.6) is 0 Å². The topological polar surface area (TPSA) is 55.1 Å². The summed E-state index contributed by atoms with van der Waals surface area (Å²) >= 11 is 0. The average molecular weight is 250 g/mol.